The summed E-state index contributed by atoms with van der Waals surface area (Å²) in [7, 11) is 3.44. The van der Waals surface area contributed by atoms with Gasteiger partial charge in [0.1, 0.15) is 11.0 Å². The average molecular weight is 458 g/mol. The van der Waals surface area contributed by atoms with E-state index in [0.717, 1.165) is 27.7 Å². The molecule has 3 aromatic rings. The van der Waals surface area contributed by atoms with E-state index in [0.29, 0.717) is 12.0 Å². The van der Waals surface area contributed by atoms with Crippen LogP contribution < -0.4 is 5.73 Å². The molecule has 0 aliphatic carbocycles. The number of allylic oxidation sites excluding steroid dienone is 1. The highest BCUT2D eigenvalue weighted by Crippen LogP contribution is 2.50. The second-order valence-corrected chi connectivity index (χ2v) is 9.71. The van der Waals surface area contributed by atoms with Crippen molar-refractivity contribution in [3.8, 4) is 6.07 Å². The average Bonchev–Trinajstić information content (AvgIpc) is 3.44. The summed E-state index contributed by atoms with van der Waals surface area (Å²) < 4.78 is 0. The van der Waals surface area contributed by atoms with Crippen LogP contribution in [-0.4, -0.2) is 49.6 Å². The maximum Gasteiger partial charge on any atom is 0.239 e. The highest BCUT2D eigenvalue weighted by molar-refractivity contribution is 8.03. The molecule has 2 N–H and O–H groups in total. The smallest absolute Gasteiger partial charge is 0.239 e. The van der Waals surface area contributed by atoms with Crippen LogP contribution >= 0.6 is 11.8 Å². The Balaban J connectivity index is 1.54. The molecule has 3 heterocycles. The molecule has 3 atom stereocenters. The second-order valence-electron chi connectivity index (χ2n) is 8.63. The Bertz CT molecular complexity index is 1380. The van der Waals surface area contributed by atoms with E-state index < -0.39 is 11.5 Å². The molecule has 166 valence electrons. The molecule has 1 aromatic heterocycles. The number of amides is 1. The van der Waals surface area contributed by atoms with Crippen LogP contribution in [0.2, 0.25) is 0 Å². The lowest BCUT2D eigenvalue weighted by molar-refractivity contribution is -0.130. The zero-order chi connectivity index (χ0) is 23.3. The van der Waals surface area contributed by atoms with E-state index in [4.69, 9.17) is 10.7 Å². The fourth-order valence-corrected chi connectivity index (χ4v) is 5.98. The largest absolute Gasteiger partial charge is 0.369 e. The molecule has 0 spiro atoms. The number of likely N-dealkylation sites (N-methyl/N-ethyl adjacent to an activating group) is 1. The van der Waals surface area contributed by atoms with E-state index in [1.165, 1.54) is 9.70 Å². The van der Waals surface area contributed by atoms with Crippen molar-refractivity contribution in [1.29, 1.82) is 5.26 Å². The van der Waals surface area contributed by atoms with Gasteiger partial charge in [0.15, 0.2) is 5.96 Å². The number of aryl methyl sites for hydroxylation is 1. The number of thioether (sulfide) groups is 1. The van der Waals surface area contributed by atoms with E-state index in [1.807, 2.05) is 43.3 Å². The molecule has 9 heteroatoms. The second kappa shape index (κ2) is 7.74. The summed E-state index contributed by atoms with van der Waals surface area (Å²) >= 11 is 1.67. The van der Waals surface area contributed by atoms with Crippen molar-refractivity contribution in [3.05, 3.63) is 64.6 Å². The fourth-order valence-electron chi connectivity index (χ4n) is 4.68. The molecule has 8 nitrogen and oxygen atoms in total. The van der Waals surface area contributed by atoms with Gasteiger partial charge in [0.2, 0.25) is 5.91 Å². The van der Waals surface area contributed by atoms with Gasteiger partial charge < -0.3 is 5.73 Å². The van der Waals surface area contributed by atoms with E-state index in [1.54, 1.807) is 31.9 Å². The van der Waals surface area contributed by atoms with Gasteiger partial charge in [-0.2, -0.15) is 20.3 Å². The van der Waals surface area contributed by atoms with Gasteiger partial charge in [0.05, 0.1) is 23.1 Å². The molecule has 2 aliphatic rings. The topological polar surface area (TPSA) is 113 Å². The maximum atomic E-state index is 13.5. The number of rotatable bonds is 3. The highest BCUT2D eigenvalue weighted by Gasteiger charge is 2.51. The number of benzene rings is 2. The highest BCUT2D eigenvalue weighted by atomic mass is 32.2. The third kappa shape index (κ3) is 3.47. The normalized spacial score (nSPS) is 25.2. The molecule has 0 fully saturated rings. The Kier molecular flexibility index (Phi) is 4.98. The van der Waals surface area contributed by atoms with Crippen molar-refractivity contribution >= 4 is 40.2 Å². The van der Waals surface area contributed by atoms with E-state index >= 15 is 0 Å². The van der Waals surface area contributed by atoms with E-state index in [2.05, 4.69) is 21.7 Å². The lowest BCUT2D eigenvalue weighted by Gasteiger charge is -2.43. The Morgan fingerprint density at radius 3 is 2.76 bits per heavy atom. The Labute approximate surface area is 195 Å². The predicted molar refractivity (Wildman–Crippen MR) is 129 cm³/mol. The summed E-state index contributed by atoms with van der Waals surface area (Å²) in [5.41, 5.74) is 10.6. The molecule has 0 saturated carbocycles. The Morgan fingerprint density at radius 2 is 1.97 bits per heavy atom. The third-order valence-electron chi connectivity index (χ3n) is 6.49. The number of nitrogens with two attached hydrogens (primary N) is 1. The number of hydrogen-bond donors (Lipinski definition) is 1. The molecule has 2 aromatic carbocycles. The van der Waals surface area contributed by atoms with Crippen LogP contribution in [0.1, 0.15) is 36.0 Å². The lowest BCUT2D eigenvalue weighted by atomic mass is 9.75. The summed E-state index contributed by atoms with van der Waals surface area (Å²) in [6, 6.07) is 15.6. The molecule has 2 aliphatic heterocycles. The monoisotopic (exact) mass is 457 g/mol. The minimum Gasteiger partial charge on any atom is -0.369 e. The number of aromatic nitrogens is 3. The summed E-state index contributed by atoms with van der Waals surface area (Å²) in [4.78, 5) is 21.4. The SMILES string of the molecule is CN1C(=O)[C@@H](c2ccc3nn(C)nc3c2)[C@@](C)(C2CC(c3cccc(C#N)c3)=CS2)N=C1N. The first-order valence-corrected chi connectivity index (χ1v) is 11.5. The fraction of sp³-hybridized carbons (Fsp3) is 0.292. The molecular weight excluding hydrogens is 434 g/mol. The Hall–Kier alpha value is -3.64. The number of fused-ring (bicyclic) bond motifs is 1. The van der Waals surface area contributed by atoms with Crippen molar-refractivity contribution in [2.75, 3.05) is 7.05 Å². The molecule has 1 unspecified atom stereocenters. The molecule has 0 radical (unpaired) electrons. The zero-order valence-corrected chi connectivity index (χ0v) is 19.4. The number of carbonyl (C=O) groups is 1. The minimum atomic E-state index is -0.765. The maximum absolute atomic E-state index is 13.5. The van der Waals surface area contributed by atoms with Gasteiger partial charge in [-0.05, 0) is 59.7 Å². The van der Waals surface area contributed by atoms with Gasteiger partial charge in [-0.3, -0.25) is 9.69 Å². The predicted octanol–water partition coefficient (Wildman–Crippen LogP) is 3.02. The van der Waals surface area contributed by atoms with Crippen LogP contribution in [0.5, 0.6) is 0 Å². The molecule has 0 bridgehead atoms. The van der Waals surface area contributed by atoms with Gasteiger partial charge >= 0.3 is 0 Å². The molecule has 5 rings (SSSR count). The van der Waals surface area contributed by atoms with Crippen LogP contribution in [0.4, 0.5) is 0 Å². The summed E-state index contributed by atoms with van der Waals surface area (Å²) in [5.74, 6) is -0.384. The third-order valence-corrected chi connectivity index (χ3v) is 7.89. The van der Waals surface area contributed by atoms with Crippen molar-refractivity contribution < 1.29 is 4.79 Å². The van der Waals surface area contributed by atoms with Gasteiger partial charge in [-0.15, -0.1) is 11.8 Å². The first-order valence-electron chi connectivity index (χ1n) is 10.6. The van der Waals surface area contributed by atoms with Crippen LogP contribution in [0.25, 0.3) is 16.6 Å². The van der Waals surface area contributed by atoms with Crippen molar-refractivity contribution in [3.63, 3.8) is 0 Å². The van der Waals surface area contributed by atoms with Crippen LogP contribution in [-0.2, 0) is 11.8 Å². The lowest BCUT2D eigenvalue weighted by Crippen LogP contribution is -2.57. The standard InChI is InChI=1S/C24H23N7OS/c1-24(20-11-17(13-33-20)15-6-4-5-14(9-15)12-25)21(22(32)30(2)23(26)27-24)16-7-8-18-19(10-16)29-31(3)28-18/h4-10,13,20-21H,11H2,1-3H3,(H2,26,27)/t20?,21-,24-/m1/s1. The van der Waals surface area contributed by atoms with E-state index in [9.17, 15) is 10.1 Å². The van der Waals surface area contributed by atoms with E-state index in [-0.39, 0.29) is 17.1 Å². The Morgan fingerprint density at radius 1 is 1.18 bits per heavy atom. The van der Waals surface area contributed by atoms with Gasteiger partial charge in [0.25, 0.3) is 0 Å². The number of aliphatic imine (C=N–C) groups is 1. The van der Waals surface area contributed by atoms with Crippen molar-refractivity contribution in [1.82, 2.24) is 19.9 Å². The minimum absolute atomic E-state index is 0.00278. The van der Waals surface area contributed by atoms with Crippen LogP contribution in [0.15, 0.2) is 52.9 Å². The first kappa shape index (κ1) is 21.2. The molecule has 0 saturated heterocycles. The van der Waals surface area contributed by atoms with Crippen LogP contribution in [0.3, 0.4) is 0 Å². The quantitative estimate of drug-likeness (QED) is 0.647. The summed E-state index contributed by atoms with van der Waals surface area (Å²) in [6.45, 7) is 2.01. The summed E-state index contributed by atoms with van der Waals surface area (Å²) in [6.07, 6.45) is 0.716. The van der Waals surface area contributed by atoms with Crippen LogP contribution in [0, 0.1) is 11.3 Å². The van der Waals surface area contributed by atoms with Crippen molar-refractivity contribution in [2.24, 2.45) is 17.8 Å². The number of nitrogens with zero attached hydrogens (tertiary/aromatic N) is 6. The first-order chi connectivity index (χ1) is 15.8. The van der Waals surface area contributed by atoms with Gasteiger partial charge in [-0.1, -0.05) is 18.2 Å². The molecule has 33 heavy (non-hydrogen) atoms. The molecule has 1 amide bonds. The molecular formula is C24H23N7OS. The van der Waals surface area contributed by atoms with Gasteiger partial charge in [-0.25, -0.2) is 4.99 Å². The van der Waals surface area contributed by atoms with Gasteiger partial charge in [0, 0.05) is 19.3 Å². The number of hydrogen-bond acceptors (Lipinski definition) is 7. The summed E-state index contributed by atoms with van der Waals surface area (Å²) in [5, 5.41) is 20.1. The number of nitriles is 1. The number of carbonyl (C=O) groups excluding carboxylic acids is 1. The van der Waals surface area contributed by atoms with Crippen molar-refractivity contribution in [2.45, 2.75) is 30.1 Å². The zero-order valence-electron chi connectivity index (χ0n) is 18.6. The number of guanidine groups is 1.